The number of phosphoric ester groups is 1. The predicted molar refractivity (Wildman–Crippen MR) is 165 cm³/mol. The van der Waals surface area contributed by atoms with Crippen LogP contribution in [0.3, 0.4) is 0 Å². The normalized spacial score (nSPS) is 15.0. The SMILES string of the molecule is CC(c1nc(-c2ccc(C#N)cc2)cs1)[C@@](Cn1cncn1)(OC(OP(=O)(O)O)(C(C)(C)C)C(C)(C)C)c1ccc(F)cc1F. The minimum Gasteiger partial charge on any atom is -0.334 e. The molecule has 2 atom stereocenters. The van der Waals surface area contributed by atoms with Crippen LogP contribution in [0.5, 0.6) is 0 Å². The van der Waals surface area contributed by atoms with Gasteiger partial charge in [0.1, 0.15) is 29.9 Å². The van der Waals surface area contributed by atoms with E-state index in [1.165, 1.54) is 34.7 Å². The molecule has 2 N–H and O–H groups in total. The fourth-order valence-corrected chi connectivity index (χ4v) is 7.59. The quantitative estimate of drug-likeness (QED) is 0.134. The largest absolute Gasteiger partial charge is 0.472 e. The third-order valence-electron chi connectivity index (χ3n) is 7.70. The van der Waals surface area contributed by atoms with Crippen molar-refractivity contribution in [3.05, 3.63) is 88.3 Å². The van der Waals surface area contributed by atoms with Gasteiger partial charge in [-0.3, -0.25) is 4.52 Å². The summed E-state index contributed by atoms with van der Waals surface area (Å²) in [5, 5.41) is 15.7. The third kappa shape index (κ3) is 7.07. The van der Waals surface area contributed by atoms with Crippen molar-refractivity contribution in [1.29, 1.82) is 5.26 Å². The Morgan fingerprint density at radius 3 is 2.22 bits per heavy atom. The first-order chi connectivity index (χ1) is 20.8. The molecule has 0 amide bonds. The van der Waals surface area contributed by atoms with Gasteiger partial charge in [-0.15, -0.1) is 11.3 Å². The van der Waals surface area contributed by atoms with Gasteiger partial charge in [-0.2, -0.15) is 10.4 Å². The second kappa shape index (κ2) is 12.4. The Morgan fingerprint density at radius 1 is 1.07 bits per heavy atom. The zero-order valence-electron chi connectivity index (χ0n) is 26.0. The number of benzene rings is 2. The van der Waals surface area contributed by atoms with Crippen LogP contribution in [0.1, 0.15) is 70.5 Å². The molecule has 0 fully saturated rings. The molecule has 4 rings (SSSR count). The summed E-state index contributed by atoms with van der Waals surface area (Å²) in [6.45, 7) is 11.7. The number of hydrogen-bond acceptors (Lipinski definition) is 8. The first-order valence-corrected chi connectivity index (χ1v) is 16.4. The molecule has 0 aliphatic rings. The lowest BCUT2D eigenvalue weighted by Crippen LogP contribution is -2.61. The molecule has 0 aliphatic carbocycles. The Balaban J connectivity index is 2.04. The molecule has 2 aromatic heterocycles. The molecule has 2 heterocycles. The maximum absolute atomic E-state index is 16.1. The van der Waals surface area contributed by atoms with Gasteiger partial charge in [-0.25, -0.2) is 28.0 Å². The Kier molecular flexibility index (Phi) is 9.54. The van der Waals surface area contributed by atoms with E-state index in [1.54, 1.807) is 78.1 Å². The van der Waals surface area contributed by atoms with E-state index in [1.807, 2.05) is 0 Å². The highest BCUT2D eigenvalue weighted by Gasteiger charge is 2.62. The van der Waals surface area contributed by atoms with Crippen molar-refractivity contribution in [2.75, 3.05) is 0 Å². The first-order valence-electron chi connectivity index (χ1n) is 14.0. The molecule has 10 nitrogen and oxygen atoms in total. The smallest absolute Gasteiger partial charge is 0.334 e. The molecular formula is C31H36F2N5O5PS. The standard InChI is InChI=1S/C31H36F2N5O5PS/c1-20(27-37-26(16-45-27)22-10-8-21(15-34)9-11-22)30(17-38-19-35-18-36-38,24-13-12-23(32)14-25(24)33)42-31(28(2,3)4,29(5,6)7)43-44(39,40)41/h8-14,16,18-20H,17H2,1-7H3,(H2,39,40,41)/t20?,30-/m1/s1. The summed E-state index contributed by atoms with van der Waals surface area (Å²) in [4.78, 5) is 29.4. The maximum Gasteiger partial charge on any atom is 0.472 e. The lowest BCUT2D eigenvalue weighted by molar-refractivity contribution is -0.355. The Bertz CT molecular complexity index is 1710. The molecule has 4 aromatic rings. The van der Waals surface area contributed by atoms with Crippen LogP contribution in [0, 0.1) is 33.8 Å². The summed E-state index contributed by atoms with van der Waals surface area (Å²) in [6.07, 6.45) is 2.69. The monoisotopic (exact) mass is 659 g/mol. The molecule has 14 heteroatoms. The highest BCUT2D eigenvalue weighted by atomic mass is 32.1. The van der Waals surface area contributed by atoms with Crippen LogP contribution in [0.2, 0.25) is 0 Å². The summed E-state index contributed by atoms with van der Waals surface area (Å²) >= 11 is 1.27. The van der Waals surface area contributed by atoms with E-state index >= 15 is 4.39 Å². The van der Waals surface area contributed by atoms with Gasteiger partial charge in [0.2, 0.25) is 0 Å². The van der Waals surface area contributed by atoms with Crippen molar-refractivity contribution in [2.24, 2.45) is 10.8 Å². The van der Waals surface area contributed by atoms with Gasteiger partial charge in [0.05, 0.1) is 28.9 Å². The van der Waals surface area contributed by atoms with Gasteiger partial charge in [-0.05, 0) is 18.2 Å². The Morgan fingerprint density at radius 2 is 1.71 bits per heavy atom. The van der Waals surface area contributed by atoms with E-state index in [0.29, 0.717) is 16.3 Å². The van der Waals surface area contributed by atoms with E-state index in [9.17, 15) is 24.0 Å². The first kappa shape index (κ1) is 34.5. The summed E-state index contributed by atoms with van der Waals surface area (Å²) in [5.41, 5.74) is -2.41. The van der Waals surface area contributed by atoms with Gasteiger partial charge < -0.3 is 14.5 Å². The molecule has 240 valence electrons. The summed E-state index contributed by atoms with van der Waals surface area (Å²) in [6, 6.07) is 12.0. The number of rotatable bonds is 10. The van der Waals surface area contributed by atoms with E-state index in [2.05, 4.69) is 16.2 Å². The Labute approximate surface area is 264 Å². The van der Waals surface area contributed by atoms with Crippen LogP contribution in [0.15, 0.2) is 60.5 Å². The predicted octanol–water partition coefficient (Wildman–Crippen LogP) is 7.17. The number of nitriles is 1. The molecule has 0 aliphatic heterocycles. The van der Waals surface area contributed by atoms with E-state index < -0.39 is 47.6 Å². The average Bonchev–Trinajstić information content (AvgIpc) is 3.62. The second-order valence-corrected chi connectivity index (χ2v) is 14.9. The molecule has 1 unspecified atom stereocenters. The highest BCUT2D eigenvalue weighted by molar-refractivity contribution is 7.46. The van der Waals surface area contributed by atoms with Crippen molar-refractivity contribution in [1.82, 2.24) is 19.7 Å². The number of nitrogens with zero attached hydrogens (tertiary/aromatic N) is 5. The van der Waals surface area contributed by atoms with Crippen molar-refractivity contribution in [2.45, 2.75) is 72.3 Å². The molecule has 0 radical (unpaired) electrons. The number of thiazole rings is 1. The zero-order chi connectivity index (χ0) is 33.4. The average molecular weight is 660 g/mol. The number of phosphoric acid groups is 1. The van der Waals surface area contributed by atoms with E-state index in [-0.39, 0.29) is 12.1 Å². The molecular weight excluding hydrogens is 623 g/mol. The van der Waals surface area contributed by atoms with Gasteiger partial charge in [0.15, 0.2) is 5.79 Å². The lowest BCUT2D eigenvalue weighted by atomic mass is 9.69. The minimum absolute atomic E-state index is 0.103. The number of ether oxygens (including phenoxy) is 1. The van der Waals surface area contributed by atoms with Crippen molar-refractivity contribution in [3.8, 4) is 17.3 Å². The number of aromatic nitrogens is 4. The summed E-state index contributed by atoms with van der Waals surface area (Å²) in [7, 11) is -5.24. The van der Waals surface area contributed by atoms with Gasteiger partial charge in [-0.1, -0.05) is 66.7 Å². The second-order valence-electron chi connectivity index (χ2n) is 12.9. The molecule has 2 aromatic carbocycles. The van der Waals surface area contributed by atoms with Crippen LogP contribution in [-0.4, -0.2) is 35.3 Å². The van der Waals surface area contributed by atoms with E-state index in [0.717, 1.165) is 17.7 Å². The highest BCUT2D eigenvalue weighted by Crippen LogP contribution is 2.60. The number of hydrogen-bond donors (Lipinski definition) is 2. The van der Waals surface area contributed by atoms with Crippen molar-refractivity contribution in [3.63, 3.8) is 0 Å². The van der Waals surface area contributed by atoms with Crippen LogP contribution in [-0.2, 0) is 26.0 Å². The molecule has 0 saturated carbocycles. The van der Waals surface area contributed by atoms with Crippen LogP contribution in [0.4, 0.5) is 8.78 Å². The zero-order valence-corrected chi connectivity index (χ0v) is 27.7. The minimum atomic E-state index is -5.24. The molecule has 0 saturated heterocycles. The maximum atomic E-state index is 16.1. The lowest BCUT2D eigenvalue weighted by Gasteiger charge is -2.56. The topological polar surface area (TPSA) is 143 Å². The Hall–Kier alpha value is -3.37. The van der Waals surface area contributed by atoms with E-state index in [4.69, 9.17) is 14.2 Å². The fraction of sp³-hybridized carbons (Fsp3) is 0.419. The van der Waals surface area contributed by atoms with Gasteiger partial charge in [0, 0.05) is 39.3 Å². The van der Waals surface area contributed by atoms with Crippen molar-refractivity contribution < 1.29 is 32.4 Å². The van der Waals surface area contributed by atoms with Crippen LogP contribution >= 0.6 is 19.2 Å². The molecule has 0 bridgehead atoms. The third-order valence-corrected chi connectivity index (χ3v) is 9.22. The van der Waals surface area contributed by atoms with Crippen LogP contribution < -0.4 is 0 Å². The summed E-state index contributed by atoms with van der Waals surface area (Å²) < 4.78 is 57.2. The van der Waals surface area contributed by atoms with Crippen molar-refractivity contribution >= 4 is 19.2 Å². The van der Waals surface area contributed by atoms with Gasteiger partial charge in [0.25, 0.3) is 0 Å². The number of halogens is 2. The summed E-state index contributed by atoms with van der Waals surface area (Å²) in [5.74, 6) is -4.69. The fourth-order valence-electron chi connectivity index (χ4n) is 5.70. The van der Waals surface area contributed by atoms with Gasteiger partial charge >= 0.3 is 7.82 Å². The van der Waals surface area contributed by atoms with Crippen LogP contribution in [0.25, 0.3) is 11.3 Å². The molecule has 45 heavy (non-hydrogen) atoms. The molecule has 0 spiro atoms.